The summed E-state index contributed by atoms with van der Waals surface area (Å²) < 4.78 is 51.0. The molecule has 3 fully saturated rings. The van der Waals surface area contributed by atoms with Crippen molar-refractivity contribution in [1.82, 2.24) is 4.90 Å². The van der Waals surface area contributed by atoms with Gasteiger partial charge in [-0.1, -0.05) is 32.9 Å². The first-order valence-corrected chi connectivity index (χ1v) is 21.0. The van der Waals surface area contributed by atoms with Gasteiger partial charge in [0.2, 0.25) is 0 Å². The molecular formula is C42H76N2O14. The smallest absolute Gasteiger partial charge is 0.311 e. The van der Waals surface area contributed by atoms with E-state index in [1.807, 2.05) is 46.7 Å². The third-order valence-electron chi connectivity index (χ3n) is 12.9. The van der Waals surface area contributed by atoms with Crippen molar-refractivity contribution in [3.8, 4) is 0 Å². The second kappa shape index (κ2) is 20.7. The summed E-state index contributed by atoms with van der Waals surface area (Å²) in [6.07, 6.45) is -8.19. The Kier molecular flexibility index (Phi) is 18.0. The molecule has 16 heteroatoms. The third kappa shape index (κ3) is 11.3. The SMILES string of the molecule is CCON=C1[C@H](C)C[C@@](C)(OC)[C@H](OC2O[C@H](C)C[C@H](N(C)C)[C@H]2OC(C)=O)[C@@H](C)[C@H](OC2C[C@@](C)(OC)[C@@H](O)[C@H](C)O2)[C@@H](C)C(=O)O[C@H](CC)[C@@](C)(O)[C@H](O)[C@H]1C. The molecule has 0 saturated carbocycles. The summed E-state index contributed by atoms with van der Waals surface area (Å²) in [5, 5.41) is 39.3. The number of hydrogen-bond donors (Lipinski definition) is 3. The van der Waals surface area contributed by atoms with Crippen molar-refractivity contribution in [3.05, 3.63) is 0 Å². The predicted molar refractivity (Wildman–Crippen MR) is 215 cm³/mol. The Labute approximate surface area is 346 Å². The van der Waals surface area contributed by atoms with Crippen LogP contribution in [0.3, 0.4) is 0 Å². The number of carbonyl (C=O) groups excluding carboxylic acids is 2. The lowest BCUT2D eigenvalue weighted by atomic mass is 9.73. The Morgan fingerprint density at radius 2 is 1.52 bits per heavy atom. The molecule has 0 radical (unpaired) electrons. The number of hydrogen-bond acceptors (Lipinski definition) is 16. The quantitative estimate of drug-likeness (QED) is 0.201. The van der Waals surface area contributed by atoms with Crippen LogP contribution in [0, 0.1) is 23.7 Å². The van der Waals surface area contributed by atoms with Crippen LogP contribution in [0.2, 0.25) is 0 Å². The molecule has 3 N–H and O–H groups in total. The summed E-state index contributed by atoms with van der Waals surface area (Å²) >= 11 is 0. The summed E-state index contributed by atoms with van der Waals surface area (Å²) in [4.78, 5) is 34.6. The van der Waals surface area contributed by atoms with E-state index < -0.39 is 108 Å². The van der Waals surface area contributed by atoms with E-state index in [9.17, 15) is 24.9 Å². The minimum atomic E-state index is -1.90. The maximum absolute atomic E-state index is 14.4. The highest BCUT2D eigenvalue weighted by molar-refractivity contribution is 5.88. The maximum Gasteiger partial charge on any atom is 0.311 e. The van der Waals surface area contributed by atoms with E-state index in [0.29, 0.717) is 12.1 Å². The third-order valence-corrected chi connectivity index (χ3v) is 12.9. The topological polar surface area (TPSA) is 193 Å². The molecule has 3 aliphatic rings. The summed E-state index contributed by atoms with van der Waals surface area (Å²) in [7, 11) is 6.89. The number of aliphatic hydroxyl groups excluding tert-OH is 2. The summed E-state index contributed by atoms with van der Waals surface area (Å²) in [5.41, 5.74) is -3.70. The molecule has 18 atom stereocenters. The highest BCUT2D eigenvalue weighted by atomic mass is 16.7. The zero-order valence-electron chi connectivity index (χ0n) is 37.9. The minimum Gasteiger partial charge on any atom is -0.459 e. The van der Waals surface area contributed by atoms with Crippen molar-refractivity contribution < 1.29 is 67.6 Å². The van der Waals surface area contributed by atoms with Gasteiger partial charge in [0.25, 0.3) is 0 Å². The second-order valence-corrected chi connectivity index (χ2v) is 17.7. The average Bonchev–Trinajstić information content (AvgIpc) is 3.15. The number of esters is 2. The first-order chi connectivity index (χ1) is 26.9. The van der Waals surface area contributed by atoms with Gasteiger partial charge >= 0.3 is 11.9 Å². The van der Waals surface area contributed by atoms with Crippen molar-refractivity contribution >= 4 is 17.7 Å². The van der Waals surface area contributed by atoms with Crippen LogP contribution >= 0.6 is 0 Å². The van der Waals surface area contributed by atoms with E-state index in [0.717, 1.165) is 0 Å². The van der Waals surface area contributed by atoms with E-state index in [-0.39, 0.29) is 38.0 Å². The van der Waals surface area contributed by atoms with E-state index >= 15 is 0 Å². The minimum absolute atomic E-state index is 0.125. The van der Waals surface area contributed by atoms with Gasteiger partial charge in [0.1, 0.15) is 24.4 Å². The van der Waals surface area contributed by atoms with Gasteiger partial charge in [-0.25, -0.2) is 0 Å². The number of nitrogens with zero attached hydrogens (tertiary/aromatic N) is 2. The molecule has 3 saturated heterocycles. The highest BCUT2D eigenvalue weighted by Crippen LogP contribution is 2.42. The lowest BCUT2D eigenvalue weighted by molar-refractivity contribution is -0.320. The normalized spacial score (nSPS) is 45.7. The zero-order valence-corrected chi connectivity index (χ0v) is 37.9. The van der Waals surface area contributed by atoms with Gasteiger partial charge in [0.05, 0.1) is 59.4 Å². The van der Waals surface area contributed by atoms with Crippen molar-refractivity contribution in [2.45, 2.75) is 193 Å². The lowest BCUT2D eigenvalue weighted by Gasteiger charge is -2.50. The number of cyclic esters (lactones) is 1. The maximum atomic E-state index is 14.4. The fraction of sp³-hybridized carbons (Fsp3) is 0.929. The molecule has 3 aliphatic heterocycles. The number of oxime groups is 1. The molecule has 3 rings (SSSR count). The van der Waals surface area contributed by atoms with Crippen molar-refractivity contribution in [1.29, 1.82) is 0 Å². The highest BCUT2D eigenvalue weighted by Gasteiger charge is 2.54. The number of methoxy groups -OCH3 is 2. The molecule has 3 heterocycles. The van der Waals surface area contributed by atoms with Crippen molar-refractivity contribution in [2.24, 2.45) is 28.8 Å². The Morgan fingerprint density at radius 3 is 2.05 bits per heavy atom. The molecule has 338 valence electrons. The van der Waals surface area contributed by atoms with Gasteiger partial charge in [-0.2, -0.15) is 0 Å². The van der Waals surface area contributed by atoms with Gasteiger partial charge in [0.15, 0.2) is 18.7 Å². The van der Waals surface area contributed by atoms with E-state index in [1.54, 1.807) is 48.7 Å². The van der Waals surface area contributed by atoms with E-state index in [2.05, 4.69) is 5.16 Å². The number of rotatable bonds is 11. The van der Waals surface area contributed by atoms with Crippen LogP contribution in [0.5, 0.6) is 0 Å². The van der Waals surface area contributed by atoms with Crippen LogP contribution in [-0.4, -0.2) is 157 Å². The molecule has 0 aromatic rings. The van der Waals surface area contributed by atoms with Crippen LogP contribution < -0.4 is 0 Å². The molecular weight excluding hydrogens is 756 g/mol. The Balaban J connectivity index is 2.33. The van der Waals surface area contributed by atoms with Gasteiger partial charge in [-0.05, 0) is 81.8 Å². The lowest BCUT2D eigenvalue weighted by Crippen LogP contribution is -2.62. The fourth-order valence-electron chi connectivity index (χ4n) is 9.21. The van der Waals surface area contributed by atoms with Crippen LogP contribution in [0.25, 0.3) is 0 Å². The molecule has 0 bridgehead atoms. The molecule has 0 aliphatic carbocycles. The first-order valence-electron chi connectivity index (χ1n) is 21.0. The Bertz CT molecular complexity index is 1370. The molecule has 2 unspecified atom stereocenters. The Hall–Kier alpha value is -1.99. The summed E-state index contributed by atoms with van der Waals surface area (Å²) in [6, 6.07) is -0.263. The molecule has 0 aromatic carbocycles. The van der Waals surface area contributed by atoms with Crippen LogP contribution in [0.1, 0.15) is 109 Å². The number of carbonyl (C=O) groups is 2. The largest absolute Gasteiger partial charge is 0.459 e. The monoisotopic (exact) mass is 833 g/mol. The van der Waals surface area contributed by atoms with Gasteiger partial charge < -0.3 is 63.0 Å². The van der Waals surface area contributed by atoms with Crippen LogP contribution in [0.15, 0.2) is 5.16 Å². The summed E-state index contributed by atoms with van der Waals surface area (Å²) in [5.74, 6) is -4.11. The number of ether oxygens (including phenoxy) is 8. The van der Waals surface area contributed by atoms with E-state index in [4.69, 9.17) is 42.7 Å². The number of likely N-dealkylation sites (N-methyl/N-ethyl adjacent to an activating group) is 1. The predicted octanol–water partition coefficient (Wildman–Crippen LogP) is 3.83. The zero-order chi connectivity index (χ0) is 44.1. The Morgan fingerprint density at radius 1 is 0.897 bits per heavy atom. The molecule has 0 amide bonds. The second-order valence-electron chi connectivity index (χ2n) is 17.7. The molecule has 16 nitrogen and oxygen atoms in total. The van der Waals surface area contributed by atoms with Crippen LogP contribution in [0.4, 0.5) is 0 Å². The fourth-order valence-corrected chi connectivity index (χ4v) is 9.21. The van der Waals surface area contributed by atoms with Gasteiger partial charge in [0, 0.05) is 45.3 Å². The average molecular weight is 833 g/mol. The van der Waals surface area contributed by atoms with E-state index in [1.165, 1.54) is 21.0 Å². The van der Waals surface area contributed by atoms with Gasteiger partial charge in [-0.15, -0.1) is 0 Å². The van der Waals surface area contributed by atoms with Crippen molar-refractivity contribution in [2.75, 3.05) is 34.9 Å². The van der Waals surface area contributed by atoms with Crippen molar-refractivity contribution in [3.63, 3.8) is 0 Å². The van der Waals surface area contributed by atoms with Gasteiger partial charge in [-0.3, -0.25) is 9.59 Å². The summed E-state index contributed by atoms with van der Waals surface area (Å²) in [6.45, 7) is 21.2. The molecule has 58 heavy (non-hydrogen) atoms. The van der Waals surface area contributed by atoms with Crippen LogP contribution in [-0.2, 0) is 52.3 Å². The first kappa shape index (κ1) is 50.4. The number of aliphatic hydroxyl groups is 3. The molecule has 0 aromatic heterocycles. The molecule has 0 spiro atoms. The standard InChI is InChI=1S/C42H76N2O14/c1-17-30-42(12,49)35(46)24(5)32(43-52-18-2)22(3)20-41(11,51-16)37(58-39-34(55-28(9)45)29(44(13)14)19-23(4)53-39)25(6)33(26(7)38(48)56-30)57-31-21-40(10,50-15)36(47)27(8)54-31/h22-27,29-31,33-37,39,46-47,49H,17-21H2,1-16H3/t22-,23-,24+,25+,26-,27+,29+,30-,31?,33+,34-,35-,36+,37-,39?,40-,41-,42-/m1/s1.